The molecule has 98 valence electrons. The molecule has 1 unspecified atom stereocenters. The second-order valence-corrected chi connectivity index (χ2v) is 4.95. The highest BCUT2D eigenvalue weighted by atomic mass is 19.1. The van der Waals surface area contributed by atoms with E-state index in [1.54, 1.807) is 13.0 Å². The van der Waals surface area contributed by atoms with Crippen molar-refractivity contribution < 1.29 is 19.0 Å². The molecule has 0 spiro atoms. The summed E-state index contributed by atoms with van der Waals surface area (Å²) in [5.74, 6) is -0.569. The number of hydrogen-bond donors (Lipinski definition) is 1. The number of carbonyl (C=O) groups is 1. The highest BCUT2D eigenvalue weighted by Crippen LogP contribution is 2.31. The second kappa shape index (κ2) is 5.38. The summed E-state index contributed by atoms with van der Waals surface area (Å²) >= 11 is 0. The van der Waals surface area contributed by atoms with Crippen LogP contribution in [0.5, 0.6) is 5.75 Å². The van der Waals surface area contributed by atoms with Gasteiger partial charge in [0.05, 0.1) is 12.5 Å². The molecular formula is C14H17FO3. The van der Waals surface area contributed by atoms with Crippen LogP contribution in [-0.2, 0) is 11.2 Å². The molecule has 0 saturated heterocycles. The molecule has 4 heteroatoms. The first-order valence-corrected chi connectivity index (χ1v) is 6.20. The van der Waals surface area contributed by atoms with Crippen molar-refractivity contribution in [3.05, 3.63) is 29.6 Å². The largest absolute Gasteiger partial charge is 0.493 e. The van der Waals surface area contributed by atoms with Crippen LogP contribution in [0.15, 0.2) is 18.2 Å². The van der Waals surface area contributed by atoms with Gasteiger partial charge in [-0.3, -0.25) is 4.79 Å². The lowest BCUT2D eigenvalue weighted by atomic mass is 10.0. The Labute approximate surface area is 106 Å². The van der Waals surface area contributed by atoms with Gasteiger partial charge in [-0.1, -0.05) is 6.92 Å². The number of rotatable bonds is 6. The minimum absolute atomic E-state index is 0.285. The standard InChI is InChI=1S/C14H17FO3/c1-9(14(16)17)6-11-7-12(15)4-5-13(11)18-8-10-2-3-10/h4-5,7,9-10H,2-3,6,8H2,1H3,(H,16,17). The Morgan fingerprint density at radius 2 is 2.28 bits per heavy atom. The van der Waals surface area contributed by atoms with E-state index in [0.29, 0.717) is 23.8 Å². The molecule has 1 aromatic rings. The highest BCUT2D eigenvalue weighted by molar-refractivity contribution is 5.70. The van der Waals surface area contributed by atoms with E-state index < -0.39 is 11.9 Å². The Morgan fingerprint density at radius 1 is 1.56 bits per heavy atom. The van der Waals surface area contributed by atoms with Crippen molar-refractivity contribution in [1.82, 2.24) is 0 Å². The van der Waals surface area contributed by atoms with Crippen LogP contribution in [0.1, 0.15) is 25.3 Å². The minimum atomic E-state index is -0.882. The third-order valence-electron chi connectivity index (χ3n) is 3.14. The summed E-state index contributed by atoms with van der Waals surface area (Å²) in [6, 6.07) is 4.29. The Hall–Kier alpha value is -1.58. The molecule has 18 heavy (non-hydrogen) atoms. The average molecular weight is 252 g/mol. The number of hydrogen-bond acceptors (Lipinski definition) is 2. The van der Waals surface area contributed by atoms with Gasteiger partial charge < -0.3 is 9.84 Å². The lowest BCUT2D eigenvalue weighted by Gasteiger charge is -2.13. The molecule has 0 radical (unpaired) electrons. The Morgan fingerprint density at radius 3 is 2.89 bits per heavy atom. The van der Waals surface area contributed by atoms with Gasteiger partial charge >= 0.3 is 5.97 Å². The topological polar surface area (TPSA) is 46.5 Å². The number of halogens is 1. The maximum atomic E-state index is 13.2. The van der Waals surface area contributed by atoms with E-state index in [1.807, 2.05) is 0 Å². The van der Waals surface area contributed by atoms with E-state index in [-0.39, 0.29) is 12.2 Å². The molecule has 1 atom stereocenters. The molecule has 1 aliphatic rings. The van der Waals surface area contributed by atoms with Gasteiger partial charge in [0.15, 0.2) is 0 Å². The maximum Gasteiger partial charge on any atom is 0.306 e. The van der Waals surface area contributed by atoms with E-state index in [1.165, 1.54) is 25.0 Å². The van der Waals surface area contributed by atoms with E-state index >= 15 is 0 Å². The van der Waals surface area contributed by atoms with Crippen LogP contribution < -0.4 is 4.74 Å². The van der Waals surface area contributed by atoms with E-state index in [0.717, 1.165) is 0 Å². The van der Waals surface area contributed by atoms with Crippen LogP contribution in [0.25, 0.3) is 0 Å². The lowest BCUT2D eigenvalue weighted by molar-refractivity contribution is -0.141. The zero-order valence-corrected chi connectivity index (χ0v) is 10.4. The predicted octanol–water partition coefficient (Wildman–Crippen LogP) is 2.88. The minimum Gasteiger partial charge on any atom is -0.493 e. The van der Waals surface area contributed by atoms with Crippen LogP contribution in [0, 0.1) is 17.7 Å². The maximum absolute atomic E-state index is 13.2. The lowest BCUT2D eigenvalue weighted by Crippen LogP contribution is -2.13. The van der Waals surface area contributed by atoms with Crippen LogP contribution in [0.2, 0.25) is 0 Å². The molecule has 0 aromatic heterocycles. The summed E-state index contributed by atoms with van der Waals surface area (Å²) in [6.07, 6.45) is 2.65. The number of carboxylic acid groups (broad SMARTS) is 1. The van der Waals surface area contributed by atoms with Crippen LogP contribution in [-0.4, -0.2) is 17.7 Å². The van der Waals surface area contributed by atoms with Crippen LogP contribution in [0.4, 0.5) is 4.39 Å². The summed E-state index contributed by atoms with van der Waals surface area (Å²) in [4.78, 5) is 10.8. The van der Waals surface area contributed by atoms with Crippen molar-refractivity contribution in [3.8, 4) is 5.75 Å². The van der Waals surface area contributed by atoms with Crippen LogP contribution in [0.3, 0.4) is 0 Å². The third-order valence-corrected chi connectivity index (χ3v) is 3.14. The molecule has 1 N–H and O–H groups in total. The summed E-state index contributed by atoms with van der Waals surface area (Å²) in [5.41, 5.74) is 0.630. The molecule has 1 saturated carbocycles. The monoisotopic (exact) mass is 252 g/mol. The molecule has 1 aliphatic carbocycles. The van der Waals surface area contributed by atoms with Crippen molar-refractivity contribution in [2.45, 2.75) is 26.2 Å². The Balaban J connectivity index is 2.08. The molecule has 0 aliphatic heterocycles. The summed E-state index contributed by atoms with van der Waals surface area (Å²) < 4.78 is 18.8. The first-order valence-electron chi connectivity index (χ1n) is 6.20. The zero-order chi connectivity index (χ0) is 13.1. The van der Waals surface area contributed by atoms with Gasteiger partial charge in [0.1, 0.15) is 11.6 Å². The van der Waals surface area contributed by atoms with Gasteiger partial charge in [-0.05, 0) is 48.9 Å². The second-order valence-electron chi connectivity index (χ2n) is 4.95. The van der Waals surface area contributed by atoms with Gasteiger partial charge in [-0.25, -0.2) is 4.39 Å². The van der Waals surface area contributed by atoms with Gasteiger partial charge in [0.2, 0.25) is 0 Å². The Bertz CT molecular complexity index is 441. The van der Waals surface area contributed by atoms with Gasteiger partial charge in [0, 0.05) is 0 Å². The van der Waals surface area contributed by atoms with Gasteiger partial charge in [-0.2, -0.15) is 0 Å². The van der Waals surface area contributed by atoms with Crippen molar-refractivity contribution >= 4 is 5.97 Å². The molecule has 1 fully saturated rings. The van der Waals surface area contributed by atoms with Crippen molar-refractivity contribution in [2.24, 2.45) is 11.8 Å². The van der Waals surface area contributed by atoms with E-state index in [4.69, 9.17) is 9.84 Å². The van der Waals surface area contributed by atoms with E-state index in [2.05, 4.69) is 0 Å². The first-order chi connectivity index (χ1) is 8.56. The molecule has 0 amide bonds. The summed E-state index contributed by atoms with van der Waals surface area (Å²) in [7, 11) is 0. The van der Waals surface area contributed by atoms with Crippen molar-refractivity contribution in [1.29, 1.82) is 0 Å². The summed E-state index contributed by atoms with van der Waals surface area (Å²) in [6.45, 7) is 2.25. The molecule has 0 heterocycles. The first kappa shape index (κ1) is 12.9. The predicted molar refractivity (Wildman–Crippen MR) is 65.1 cm³/mol. The highest BCUT2D eigenvalue weighted by Gasteiger charge is 2.23. The molecule has 1 aromatic carbocycles. The fourth-order valence-corrected chi connectivity index (χ4v) is 1.76. The fraction of sp³-hybridized carbons (Fsp3) is 0.500. The quantitative estimate of drug-likeness (QED) is 0.846. The number of carboxylic acids is 1. The summed E-state index contributed by atoms with van der Waals surface area (Å²) in [5, 5.41) is 8.90. The smallest absolute Gasteiger partial charge is 0.306 e. The number of ether oxygens (including phenoxy) is 1. The van der Waals surface area contributed by atoms with Crippen molar-refractivity contribution in [2.75, 3.05) is 6.61 Å². The molecular weight excluding hydrogens is 235 g/mol. The van der Waals surface area contributed by atoms with Crippen molar-refractivity contribution in [3.63, 3.8) is 0 Å². The fourth-order valence-electron chi connectivity index (χ4n) is 1.76. The van der Waals surface area contributed by atoms with Gasteiger partial charge in [0.25, 0.3) is 0 Å². The van der Waals surface area contributed by atoms with E-state index in [9.17, 15) is 9.18 Å². The number of benzene rings is 1. The third kappa shape index (κ3) is 3.45. The SMILES string of the molecule is CC(Cc1cc(F)ccc1OCC1CC1)C(=O)O. The zero-order valence-electron chi connectivity index (χ0n) is 10.4. The van der Waals surface area contributed by atoms with Gasteiger partial charge in [-0.15, -0.1) is 0 Å². The molecule has 3 nitrogen and oxygen atoms in total. The van der Waals surface area contributed by atoms with Crippen LogP contribution >= 0.6 is 0 Å². The normalized spacial score (nSPS) is 16.3. The molecule has 2 rings (SSSR count). The number of aliphatic carboxylic acids is 1. The Kier molecular flexibility index (Phi) is 3.84. The molecule has 0 bridgehead atoms. The average Bonchev–Trinajstić information content (AvgIpc) is 3.11.